The van der Waals surface area contributed by atoms with Gasteiger partial charge in [0.2, 0.25) is 0 Å². The van der Waals surface area contributed by atoms with Crippen LogP contribution >= 0.6 is 11.8 Å². The van der Waals surface area contributed by atoms with Crippen LogP contribution in [0.25, 0.3) is 0 Å². The maximum Gasteiger partial charge on any atom is 0.156 e. The first-order valence-corrected chi connectivity index (χ1v) is 8.93. The molecule has 21 heavy (non-hydrogen) atoms. The minimum atomic E-state index is 0.417. The molecule has 3 nitrogen and oxygen atoms in total. The van der Waals surface area contributed by atoms with Gasteiger partial charge in [0, 0.05) is 30.9 Å². The van der Waals surface area contributed by atoms with Crippen LogP contribution in [0.1, 0.15) is 25.3 Å². The van der Waals surface area contributed by atoms with Crippen molar-refractivity contribution in [2.45, 2.75) is 38.3 Å². The number of nitrogens with one attached hydrogen (secondary N) is 1. The molecule has 0 radical (unpaired) electrons. The van der Waals surface area contributed by atoms with E-state index in [1.807, 2.05) is 11.8 Å². The van der Waals surface area contributed by atoms with E-state index in [4.69, 9.17) is 9.73 Å². The summed E-state index contributed by atoms with van der Waals surface area (Å²) < 4.78 is 5.73. The Labute approximate surface area is 131 Å². The topological polar surface area (TPSA) is 33.6 Å². The molecular formula is C17H24N2OS. The highest BCUT2D eigenvalue weighted by atomic mass is 32.2. The lowest BCUT2D eigenvalue weighted by atomic mass is 10.0. The van der Waals surface area contributed by atoms with E-state index >= 15 is 0 Å². The van der Waals surface area contributed by atoms with Gasteiger partial charge in [0.25, 0.3) is 0 Å². The van der Waals surface area contributed by atoms with Crippen LogP contribution in [0.5, 0.6) is 0 Å². The molecule has 1 aromatic carbocycles. The second-order valence-electron chi connectivity index (χ2n) is 5.85. The zero-order valence-electron chi connectivity index (χ0n) is 12.6. The zero-order valence-corrected chi connectivity index (χ0v) is 13.4. The van der Waals surface area contributed by atoms with E-state index in [0.29, 0.717) is 18.1 Å². The summed E-state index contributed by atoms with van der Waals surface area (Å²) in [6.07, 6.45) is 3.76. The van der Waals surface area contributed by atoms with Gasteiger partial charge >= 0.3 is 0 Å². The minimum Gasteiger partial charge on any atom is -0.378 e. The molecular weight excluding hydrogens is 280 g/mol. The van der Waals surface area contributed by atoms with E-state index in [-0.39, 0.29) is 0 Å². The molecule has 2 fully saturated rings. The number of hydrogen-bond acceptors (Lipinski definition) is 3. The molecule has 2 aliphatic rings. The Morgan fingerprint density at radius 3 is 3.00 bits per heavy atom. The summed E-state index contributed by atoms with van der Waals surface area (Å²) in [6.45, 7) is 4.02. The molecule has 0 saturated carbocycles. The molecule has 114 valence electrons. The lowest BCUT2D eigenvalue weighted by Crippen LogP contribution is -2.29. The summed E-state index contributed by atoms with van der Waals surface area (Å²) in [5, 5.41) is 4.69. The van der Waals surface area contributed by atoms with Crippen LogP contribution in [0.3, 0.4) is 0 Å². The number of thioether (sulfide) groups is 1. The largest absolute Gasteiger partial charge is 0.378 e. The van der Waals surface area contributed by atoms with Gasteiger partial charge in [-0.1, -0.05) is 49.0 Å². The normalized spacial score (nSPS) is 30.7. The van der Waals surface area contributed by atoms with Crippen LogP contribution in [0, 0.1) is 5.92 Å². The van der Waals surface area contributed by atoms with E-state index < -0.39 is 0 Å². The van der Waals surface area contributed by atoms with Gasteiger partial charge in [0.05, 0.1) is 6.10 Å². The van der Waals surface area contributed by atoms with Crippen molar-refractivity contribution in [2.24, 2.45) is 10.9 Å². The second kappa shape index (κ2) is 7.32. The first kappa shape index (κ1) is 14.9. The maximum atomic E-state index is 5.73. The highest BCUT2D eigenvalue weighted by Gasteiger charge is 2.27. The van der Waals surface area contributed by atoms with Gasteiger partial charge in [-0.15, -0.1) is 0 Å². The average Bonchev–Trinajstić information content (AvgIpc) is 3.15. The predicted octanol–water partition coefficient (Wildman–Crippen LogP) is 3.11. The molecule has 3 rings (SSSR count). The zero-order chi connectivity index (χ0) is 14.5. The molecule has 2 saturated heterocycles. The van der Waals surface area contributed by atoms with Crippen molar-refractivity contribution in [1.82, 2.24) is 5.32 Å². The third-order valence-electron chi connectivity index (χ3n) is 4.29. The number of benzene rings is 1. The number of hydrogen-bond donors (Lipinski definition) is 1. The quantitative estimate of drug-likeness (QED) is 0.907. The van der Waals surface area contributed by atoms with Gasteiger partial charge in [-0.3, -0.25) is 4.99 Å². The summed E-state index contributed by atoms with van der Waals surface area (Å²) in [7, 11) is 0. The SMILES string of the molecule is CCC1OCCC1CN=C1NC(Cc2ccccc2)CS1. The first-order chi connectivity index (χ1) is 10.3. The molecule has 2 aliphatic heterocycles. The number of rotatable bonds is 5. The van der Waals surface area contributed by atoms with E-state index in [9.17, 15) is 0 Å². The van der Waals surface area contributed by atoms with Gasteiger partial charge in [0.1, 0.15) is 0 Å². The fourth-order valence-electron chi connectivity index (χ4n) is 3.09. The molecule has 3 atom stereocenters. The maximum absolute atomic E-state index is 5.73. The van der Waals surface area contributed by atoms with Gasteiger partial charge < -0.3 is 10.1 Å². The Morgan fingerprint density at radius 2 is 2.19 bits per heavy atom. The monoisotopic (exact) mass is 304 g/mol. The van der Waals surface area contributed by atoms with Crippen molar-refractivity contribution in [1.29, 1.82) is 0 Å². The molecule has 0 spiro atoms. The number of ether oxygens (including phenoxy) is 1. The van der Waals surface area contributed by atoms with Gasteiger partial charge in [-0.2, -0.15) is 0 Å². The Hall–Kier alpha value is -1.00. The summed E-state index contributed by atoms with van der Waals surface area (Å²) in [4.78, 5) is 4.78. The third-order valence-corrected chi connectivity index (χ3v) is 5.38. The third kappa shape index (κ3) is 4.01. The van der Waals surface area contributed by atoms with Gasteiger partial charge in [-0.05, 0) is 24.8 Å². The Balaban J connectivity index is 1.49. The molecule has 3 unspecified atom stereocenters. The molecule has 2 heterocycles. The van der Waals surface area contributed by atoms with Crippen LogP contribution in [-0.4, -0.2) is 36.2 Å². The first-order valence-electron chi connectivity index (χ1n) is 7.94. The predicted molar refractivity (Wildman–Crippen MR) is 90.0 cm³/mol. The van der Waals surface area contributed by atoms with Crippen molar-refractivity contribution >= 4 is 16.9 Å². The highest BCUT2D eigenvalue weighted by Crippen LogP contribution is 2.24. The standard InChI is InChI=1S/C17H24N2OS/c1-2-16-14(8-9-20-16)11-18-17-19-15(12-21-17)10-13-6-4-3-5-7-13/h3-7,14-16H,2,8-12H2,1H3,(H,18,19). The number of nitrogens with zero attached hydrogens (tertiary/aromatic N) is 1. The van der Waals surface area contributed by atoms with E-state index in [2.05, 4.69) is 42.6 Å². The van der Waals surface area contributed by atoms with Crippen LogP contribution in [0.2, 0.25) is 0 Å². The molecule has 1 N–H and O–H groups in total. The Kier molecular flexibility index (Phi) is 5.20. The van der Waals surface area contributed by atoms with E-state index in [1.165, 1.54) is 5.56 Å². The van der Waals surface area contributed by atoms with Crippen LogP contribution in [0.4, 0.5) is 0 Å². The molecule has 0 bridgehead atoms. The van der Waals surface area contributed by atoms with Crippen molar-refractivity contribution in [2.75, 3.05) is 18.9 Å². The molecule has 0 aromatic heterocycles. The number of aliphatic imine (C=N–C) groups is 1. The minimum absolute atomic E-state index is 0.417. The van der Waals surface area contributed by atoms with Crippen molar-refractivity contribution < 1.29 is 4.74 Å². The fourth-order valence-corrected chi connectivity index (χ4v) is 4.07. The summed E-state index contributed by atoms with van der Waals surface area (Å²) in [6, 6.07) is 11.2. The number of amidine groups is 1. The summed E-state index contributed by atoms with van der Waals surface area (Å²) >= 11 is 1.86. The lowest BCUT2D eigenvalue weighted by Gasteiger charge is -2.14. The Bertz CT molecular complexity index is 477. The van der Waals surface area contributed by atoms with E-state index in [0.717, 1.165) is 43.3 Å². The van der Waals surface area contributed by atoms with Crippen molar-refractivity contribution in [3.05, 3.63) is 35.9 Å². The van der Waals surface area contributed by atoms with Gasteiger partial charge in [0.15, 0.2) is 5.17 Å². The second-order valence-corrected chi connectivity index (χ2v) is 6.86. The highest BCUT2D eigenvalue weighted by molar-refractivity contribution is 8.14. The molecule has 0 aliphatic carbocycles. The fraction of sp³-hybridized carbons (Fsp3) is 0.588. The Morgan fingerprint density at radius 1 is 1.33 bits per heavy atom. The molecule has 4 heteroatoms. The van der Waals surface area contributed by atoms with Crippen LogP contribution < -0.4 is 5.32 Å². The summed E-state index contributed by atoms with van der Waals surface area (Å²) in [5.41, 5.74) is 1.40. The van der Waals surface area contributed by atoms with Crippen molar-refractivity contribution in [3.8, 4) is 0 Å². The van der Waals surface area contributed by atoms with Crippen LogP contribution in [0.15, 0.2) is 35.3 Å². The summed E-state index contributed by atoms with van der Waals surface area (Å²) in [5.74, 6) is 1.73. The van der Waals surface area contributed by atoms with Crippen LogP contribution in [-0.2, 0) is 11.2 Å². The van der Waals surface area contributed by atoms with Crippen molar-refractivity contribution in [3.63, 3.8) is 0 Å². The molecule has 1 aromatic rings. The smallest absolute Gasteiger partial charge is 0.156 e. The lowest BCUT2D eigenvalue weighted by molar-refractivity contribution is 0.0893. The van der Waals surface area contributed by atoms with E-state index in [1.54, 1.807) is 0 Å². The van der Waals surface area contributed by atoms with Gasteiger partial charge in [-0.25, -0.2) is 0 Å². The molecule has 0 amide bonds. The average molecular weight is 304 g/mol.